The Hall–Kier alpha value is -2.37. The second-order valence-electron chi connectivity index (χ2n) is 6.32. The summed E-state index contributed by atoms with van der Waals surface area (Å²) in [5.41, 5.74) is 8.34. The molecule has 21 heavy (non-hydrogen) atoms. The quantitative estimate of drug-likeness (QED) is 0.783. The molecule has 6 heteroatoms. The summed E-state index contributed by atoms with van der Waals surface area (Å²) in [5.74, 6) is 0.681. The van der Waals surface area contributed by atoms with Crippen LogP contribution in [0.1, 0.15) is 42.8 Å². The standard InChI is InChI=1S/C15H19N5O/c1-15(2,3)14-17-12(18-19-14)13(21)20-8-7-9-5-4-6-10(16)11(9)20/h4-6H,7-8,16H2,1-3H3,(H,17,18,19). The average molecular weight is 285 g/mol. The Morgan fingerprint density at radius 3 is 2.81 bits per heavy atom. The van der Waals surface area contributed by atoms with Crippen molar-refractivity contribution in [3.8, 4) is 0 Å². The van der Waals surface area contributed by atoms with Gasteiger partial charge in [0, 0.05) is 12.0 Å². The van der Waals surface area contributed by atoms with Gasteiger partial charge in [0.15, 0.2) is 0 Å². The van der Waals surface area contributed by atoms with Crippen molar-refractivity contribution in [1.82, 2.24) is 15.2 Å². The normalized spacial score (nSPS) is 14.3. The SMILES string of the molecule is CC(C)(C)c1nc(C(=O)N2CCc3cccc(N)c32)n[nH]1. The van der Waals surface area contributed by atoms with E-state index in [1.165, 1.54) is 0 Å². The number of carbonyl (C=O) groups is 1. The maximum atomic E-state index is 12.6. The minimum atomic E-state index is -0.210. The number of benzene rings is 1. The summed E-state index contributed by atoms with van der Waals surface area (Å²) < 4.78 is 0. The molecule has 110 valence electrons. The van der Waals surface area contributed by atoms with Gasteiger partial charge in [0.05, 0.1) is 11.4 Å². The van der Waals surface area contributed by atoms with Gasteiger partial charge in [0.1, 0.15) is 5.82 Å². The van der Waals surface area contributed by atoms with Crippen LogP contribution >= 0.6 is 0 Å². The number of amides is 1. The third-order valence-electron chi connectivity index (χ3n) is 3.66. The van der Waals surface area contributed by atoms with E-state index in [9.17, 15) is 4.79 Å². The summed E-state index contributed by atoms with van der Waals surface area (Å²) in [5, 5.41) is 6.91. The zero-order chi connectivity index (χ0) is 15.2. The monoisotopic (exact) mass is 285 g/mol. The number of aromatic nitrogens is 3. The minimum Gasteiger partial charge on any atom is -0.397 e. The van der Waals surface area contributed by atoms with Crippen LogP contribution in [0.25, 0.3) is 0 Å². The van der Waals surface area contributed by atoms with Gasteiger partial charge in [-0.05, 0) is 18.1 Å². The number of fused-ring (bicyclic) bond motifs is 1. The molecule has 2 heterocycles. The number of rotatable bonds is 1. The molecule has 2 aromatic rings. The number of nitrogens with two attached hydrogens (primary N) is 1. The molecule has 6 nitrogen and oxygen atoms in total. The van der Waals surface area contributed by atoms with E-state index < -0.39 is 0 Å². The highest BCUT2D eigenvalue weighted by Gasteiger charge is 2.30. The lowest BCUT2D eigenvalue weighted by molar-refractivity contribution is 0.0980. The molecule has 1 aliphatic rings. The molecule has 0 fully saturated rings. The molecule has 1 aromatic heterocycles. The van der Waals surface area contributed by atoms with E-state index in [0.717, 1.165) is 17.7 Å². The summed E-state index contributed by atoms with van der Waals surface area (Å²) in [6.07, 6.45) is 0.808. The average Bonchev–Trinajstić information content (AvgIpc) is 3.05. The summed E-state index contributed by atoms with van der Waals surface area (Å²) in [6.45, 7) is 6.67. The van der Waals surface area contributed by atoms with Crippen LogP contribution in [0.15, 0.2) is 18.2 Å². The van der Waals surface area contributed by atoms with Gasteiger partial charge in [-0.25, -0.2) is 4.98 Å². The molecule has 0 unspecified atom stereocenters. The van der Waals surface area contributed by atoms with E-state index in [2.05, 4.69) is 15.2 Å². The molecule has 0 saturated carbocycles. The third kappa shape index (κ3) is 2.26. The fourth-order valence-electron chi connectivity index (χ4n) is 2.50. The Bertz CT molecular complexity index is 698. The molecule has 0 radical (unpaired) electrons. The van der Waals surface area contributed by atoms with Gasteiger partial charge in [0.25, 0.3) is 5.91 Å². The number of para-hydroxylation sites is 1. The van der Waals surface area contributed by atoms with Gasteiger partial charge in [-0.15, -0.1) is 5.10 Å². The van der Waals surface area contributed by atoms with Crippen molar-refractivity contribution in [3.05, 3.63) is 35.4 Å². The van der Waals surface area contributed by atoms with Crippen LogP contribution in [0, 0.1) is 0 Å². The molecule has 0 bridgehead atoms. The zero-order valence-corrected chi connectivity index (χ0v) is 12.5. The van der Waals surface area contributed by atoms with Crippen molar-refractivity contribution < 1.29 is 4.79 Å². The van der Waals surface area contributed by atoms with Gasteiger partial charge in [-0.2, -0.15) is 0 Å². The number of H-pyrrole nitrogens is 1. The van der Waals surface area contributed by atoms with Crippen LogP contribution < -0.4 is 10.6 Å². The molecule has 0 spiro atoms. The molecule has 1 aromatic carbocycles. The molecule has 1 aliphatic heterocycles. The number of hydrogen-bond acceptors (Lipinski definition) is 4. The number of aromatic amines is 1. The molecule has 0 atom stereocenters. The first kappa shape index (κ1) is 13.6. The van der Waals surface area contributed by atoms with Crippen LogP contribution in [0.5, 0.6) is 0 Å². The number of anilines is 2. The predicted molar refractivity (Wildman–Crippen MR) is 81.3 cm³/mol. The summed E-state index contributed by atoms with van der Waals surface area (Å²) in [4.78, 5) is 18.6. The van der Waals surface area contributed by atoms with E-state index in [1.807, 2.05) is 39.0 Å². The second-order valence-corrected chi connectivity index (χ2v) is 6.32. The lowest BCUT2D eigenvalue weighted by Gasteiger charge is -2.17. The van der Waals surface area contributed by atoms with Crippen LogP contribution in [0.4, 0.5) is 11.4 Å². The fraction of sp³-hybridized carbons (Fsp3) is 0.400. The first-order chi connectivity index (χ1) is 9.88. The van der Waals surface area contributed by atoms with Gasteiger partial charge in [0.2, 0.25) is 5.82 Å². The summed E-state index contributed by atoms with van der Waals surface area (Å²) in [6, 6.07) is 5.72. The number of carbonyl (C=O) groups excluding carboxylic acids is 1. The van der Waals surface area contributed by atoms with Gasteiger partial charge < -0.3 is 10.6 Å². The van der Waals surface area contributed by atoms with Crippen molar-refractivity contribution in [2.24, 2.45) is 0 Å². The smallest absolute Gasteiger partial charge is 0.298 e. The van der Waals surface area contributed by atoms with E-state index in [4.69, 9.17) is 5.73 Å². The van der Waals surface area contributed by atoms with Crippen LogP contribution in [0.2, 0.25) is 0 Å². The Labute approximate surface area is 123 Å². The van der Waals surface area contributed by atoms with Crippen molar-refractivity contribution in [1.29, 1.82) is 0 Å². The number of nitrogens with zero attached hydrogens (tertiary/aromatic N) is 3. The second kappa shape index (κ2) is 4.58. The largest absolute Gasteiger partial charge is 0.397 e. The molecule has 0 saturated heterocycles. The Morgan fingerprint density at radius 1 is 1.38 bits per heavy atom. The third-order valence-corrected chi connectivity index (χ3v) is 3.66. The van der Waals surface area contributed by atoms with Gasteiger partial charge in [-0.1, -0.05) is 32.9 Å². The van der Waals surface area contributed by atoms with E-state index >= 15 is 0 Å². The molecular weight excluding hydrogens is 266 g/mol. The first-order valence-electron chi connectivity index (χ1n) is 7.00. The Balaban J connectivity index is 1.93. The highest BCUT2D eigenvalue weighted by molar-refractivity contribution is 6.06. The number of nitrogen functional groups attached to an aromatic ring is 1. The Kier molecular flexibility index (Phi) is 2.97. The van der Waals surface area contributed by atoms with Gasteiger partial charge >= 0.3 is 0 Å². The van der Waals surface area contributed by atoms with Gasteiger partial charge in [-0.3, -0.25) is 9.89 Å². The predicted octanol–water partition coefficient (Wildman–Crippen LogP) is 1.89. The maximum absolute atomic E-state index is 12.6. The minimum absolute atomic E-state index is 0.173. The van der Waals surface area contributed by atoms with E-state index in [-0.39, 0.29) is 17.1 Å². The van der Waals surface area contributed by atoms with Crippen molar-refractivity contribution >= 4 is 17.3 Å². The lowest BCUT2D eigenvalue weighted by Crippen LogP contribution is -2.30. The fourth-order valence-corrected chi connectivity index (χ4v) is 2.50. The molecule has 0 aliphatic carbocycles. The maximum Gasteiger partial charge on any atom is 0.298 e. The highest BCUT2D eigenvalue weighted by Crippen LogP contribution is 2.34. The lowest BCUT2D eigenvalue weighted by atomic mass is 9.96. The van der Waals surface area contributed by atoms with Crippen LogP contribution in [-0.4, -0.2) is 27.6 Å². The van der Waals surface area contributed by atoms with Crippen LogP contribution in [0.3, 0.4) is 0 Å². The zero-order valence-electron chi connectivity index (χ0n) is 12.5. The van der Waals surface area contributed by atoms with Crippen molar-refractivity contribution in [2.75, 3.05) is 17.2 Å². The summed E-state index contributed by atoms with van der Waals surface area (Å²) >= 11 is 0. The topological polar surface area (TPSA) is 87.9 Å². The van der Waals surface area contributed by atoms with Crippen molar-refractivity contribution in [2.45, 2.75) is 32.6 Å². The van der Waals surface area contributed by atoms with Crippen LogP contribution in [-0.2, 0) is 11.8 Å². The highest BCUT2D eigenvalue weighted by atomic mass is 16.2. The number of hydrogen-bond donors (Lipinski definition) is 2. The Morgan fingerprint density at radius 2 is 2.14 bits per heavy atom. The first-order valence-corrected chi connectivity index (χ1v) is 7.00. The van der Waals surface area contributed by atoms with E-state index in [1.54, 1.807) is 4.90 Å². The molecule has 3 rings (SSSR count). The molecule has 1 amide bonds. The molecular formula is C15H19N5O. The summed E-state index contributed by atoms with van der Waals surface area (Å²) in [7, 11) is 0. The molecule has 3 N–H and O–H groups in total. The number of nitrogens with one attached hydrogen (secondary N) is 1. The van der Waals surface area contributed by atoms with E-state index in [0.29, 0.717) is 18.1 Å². The van der Waals surface area contributed by atoms with Crippen molar-refractivity contribution in [3.63, 3.8) is 0 Å².